The van der Waals surface area contributed by atoms with Crippen molar-refractivity contribution in [2.45, 2.75) is 12.8 Å². The molecule has 0 saturated carbocycles. The van der Waals surface area contributed by atoms with Gasteiger partial charge in [-0.05, 0) is 11.6 Å². The number of ether oxygens (including phenoxy) is 1. The van der Waals surface area contributed by atoms with Crippen LogP contribution < -0.4 is 0 Å². The Bertz CT molecular complexity index is 519. The van der Waals surface area contributed by atoms with Crippen LogP contribution >= 0.6 is 0 Å². The SMILES string of the molecule is [CH2-]CCc1c(C(=O)OC)[nH]c2ccccc12.[Zn]. The Hall–Kier alpha value is -1.15. The van der Waals surface area contributed by atoms with Gasteiger partial charge < -0.3 is 16.6 Å². The maximum absolute atomic E-state index is 11.6. The molecule has 0 aliphatic carbocycles. The molecule has 1 N–H and O–H groups in total. The Morgan fingerprint density at radius 1 is 1.41 bits per heavy atom. The van der Waals surface area contributed by atoms with E-state index in [2.05, 4.69) is 11.9 Å². The van der Waals surface area contributed by atoms with Crippen molar-refractivity contribution in [3.8, 4) is 0 Å². The van der Waals surface area contributed by atoms with Crippen molar-refractivity contribution in [1.29, 1.82) is 0 Å². The molecule has 0 amide bonds. The molecule has 0 bridgehead atoms. The molecular weight excluding hydrogens is 268 g/mol. The first-order valence-electron chi connectivity index (χ1n) is 5.25. The van der Waals surface area contributed by atoms with E-state index in [0.29, 0.717) is 5.69 Å². The molecule has 0 saturated heterocycles. The maximum atomic E-state index is 11.6. The largest absolute Gasteiger partial charge is 0.464 e. The van der Waals surface area contributed by atoms with Crippen LogP contribution in [0.2, 0.25) is 0 Å². The molecule has 2 rings (SSSR count). The summed E-state index contributed by atoms with van der Waals surface area (Å²) in [6.45, 7) is 3.83. The van der Waals surface area contributed by atoms with Crippen LogP contribution in [-0.2, 0) is 30.6 Å². The first-order valence-corrected chi connectivity index (χ1v) is 5.25. The molecule has 1 aromatic carbocycles. The van der Waals surface area contributed by atoms with Gasteiger partial charge in [0.25, 0.3) is 0 Å². The number of nitrogens with one attached hydrogen (secondary N) is 1. The maximum Gasteiger partial charge on any atom is 0.354 e. The van der Waals surface area contributed by atoms with Crippen LogP contribution in [0.3, 0.4) is 0 Å². The fourth-order valence-corrected chi connectivity index (χ4v) is 1.91. The number of carbonyl (C=O) groups is 1. The van der Waals surface area contributed by atoms with Crippen molar-refractivity contribution >= 4 is 16.9 Å². The van der Waals surface area contributed by atoms with Gasteiger partial charge >= 0.3 is 5.97 Å². The Balaban J connectivity index is 0.00000144. The molecule has 0 spiro atoms. The van der Waals surface area contributed by atoms with Gasteiger partial charge in [0.1, 0.15) is 5.69 Å². The number of hydrogen-bond donors (Lipinski definition) is 1. The Kier molecular flexibility index (Phi) is 4.89. The van der Waals surface area contributed by atoms with Crippen molar-refractivity contribution in [3.63, 3.8) is 0 Å². The molecular formula is C13H14NO2Zn-. The number of benzene rings is 1. The van der Waals surface area contributed by atoms with Crippen molar-refractivity contribution in [2.75, 3.05) is 7.11 Å². The summed E-state index contributed by atoms with van der Waals surface area (Å²) in [7, 11) is 1.39. The van der Waals surface area contributed by atoms with Gasteiger partial charge in [0.05, 0.1) is 7.11 Å². The van der Waals surface area contributed by atoms with Crippen LogP contribution in [0.15, 0.2) is 24.3 Å². The number of hydrogen-bond acceptors (Lipinski definition) is 2. The third-order valence-corrected chi connectivity index (χ3v) is 2.63. The van der Waals surface area contributed by atoms with E-state index in [1.165, 1.54) is 7.11 Å². The van der Waals surface area contributed by atoms with Crippen LogP contribution in [0.25, 0.3) is 10.9 Å². The molecule has 4 heteroatoms. The summed E-state index contributed by atoms with van der Waals surface area (Å²) >= 11 is 0. The molecule has 17 heavy (non-hydrogen) atoms. The van der Waals surface area contributed by atoms with E-state index in [0.717, 1.165) is 29.3 Å². The predicted octanol–water partition coefficient (Wildman–Crippen LogP) is 2.72. The second kappa shape index (κ2) is 5.97. The fourth-order valence-electron chi connectivity index (χ4n) is 1.91. The molecule has 0 aliphatic rings. The van der Waals surface area contributed by atoms with Crippen LogP contribution in [0, 0.1) is 6.92 Å². The van der Waals surface area contributed by atoms with Gasteiger partial charge in [-0.1, -0.05) is 24.6 Å². The molecule has 1 heterocycles. The quantitative estimate of drug-likeness (QED) is 0.534. The van der Waals surface area contributed by atoms with Crippen LogP contribution in [0.1, 0.15) is 22.5 Å². The predicted molar refractivity (Wildman–Crippen MR) is 63.3 cm³/mol. The van der Waals surface area contributed by atoms with E-state index in [1.807, 2.05) is 24.3 Å². The summed E-state index contributed by atoms with van der Waals surface area (Å²) in [6, 6.07) is 7.86. The van der Waals surface area contributed by atoms with E-state index in [-0.39, 0.29) is 25.4 Å². The molecule has 0 aliphatic heterocycles. The van der Waals surface area contributed by atoms with Gasteiger partial charge in [-0.25, -0.2) is 4.79 Å². The van der Waals surface area contributed by atoms with Crippen LogP contribution in [0.5, 0.6) is 0 Å². The molecule has 1 aromatic heterocycles. The molecule has 3 nitrogen and oxygen atoms in total. The summed E-state index contributed by atoms with van der Waals surface area (Å²) in [5.74, 6) is -0.320. The number of aromatic amines is 1. The van der Waals surface area contributed by atoms with Crippen molar-refractivity contribution in [2.24, 2.45) is 0 Å². The number of H-pyrrole nitrogens is 1. The Morgan fingerprint density at radius 2 is 2.12 bits per heavy atom. The fraction of sp³-hybridized carbons (Fsp3) is 0.231. The summed E-state index contributed by atoms with van der Waals surface area (Å²) in [5.41, 5.74) is 2.51. The summed E-state index contributed by atoms with van der Waals surface area (Å²) in [6.07, 6.45) is 1.53. The standard InChI is InChI=1S/C13H14NO2.Zn/c1-3-6-10-9-7-4-5-8-11(9)14-12(10)13(15)16-2;/h4-5,7-8,14H,1,3,6H2,2H3;/q-1;. The van der Waals surface area contributed by atoms with E-state index in [9.17, 15) is 4.79 Å². The minimum Gasteiger partial charge on any atom is -0.464 e. The molecule has 86 valence electrons. The topological polar surface area (TPSA) is 42.1 Å². The molecule has 0 fully saturated rings. The van der Waals surface area contributed by atoms with E-state index < -0.39 is 0 Å². The van der Waals surface area contributed by atoms with E-state index in [4.69, 9.17) is 4.74 Å². The van der Waals surface area contributed by atoms with Gasteiger partial charge in [0.2, 0.25) is 0 Å². The van der Waals surface area contributed by atoms with Gasteiger partial charge in [-0.3, -0.25) is 0 Å². The number of esters is 1. The zero-order valence-corrected chi connectivity index (χ0v) is 12.9. The second-order valence-corrected chi connectivity index (χ2v) is 3.62. The normalized spacial score (nSPS) is 10.0. The third kappa shape index (κ3) is 2.58. The summed E-state index contributed by atoms with van der Waals surface area (Å²) < 4.78 is 4.76. The number of para-hydroxylation sites is 1. The monoisotopic (exact) mass is 280 g/mol. The van der Waals surface area contributed by atoms with Gasteiger partial charge in [-0.2, -0.15) is 6.42 Å². The smallest absolute Gasteiger partial charge is 0.354 e. The Labute approximate surface area is 113 Å². The number of rotatable bonds is 3. The second-order valence-electron chi connectivity index (χ2n) is 3.62. The van der Waals surface area contributed by atoms with Crippen molar-refractivity contribution in [3.05, 3.63) is 42.4 Å². The zero-order valence-electron chi connectivity index (χ0n) is 9.95. The van der Waals surface area contributed by atoms with Crippen LogP contribution in [0.4, 0.5) is 0 Å². The number of aromatic nitrogens is 1. The van der Waals surface area contributed by atoms with Gasteiger partial charge in [-0.15, -0.1) is 0 Å². The van der Waals surface area contributed by atoms with Gasteiger partial charge in [0.15, 0.2) is 0 Å². The van der Waals surface area contributed by atoms with Gasteiger partial charge in [0, 0.05) is 30.4 Å². The zero-order chi connectivity index (χ0) is 11.5. The summed E-state index contributed by atoms with van der Waals surface area (Å²) in [5, 5.41) is 1.08. The molecule has 0 unspecified atom stereocenters. The number of aryl methyl sites for hydroxylation is 1. The average molecular weight is 282 g/mol. The number of methoxy groups -OCH3 is 1. The first kappa shape index (κ1) is 13.9. The molecule has 0 atom stereocenters. The van der Waals surface area contributed by atoms with E-state index in [1.54, 1.807) is 0 Å². The molecule has 2 aromatic rings. The van der Waals surface area contributed by atoms with E-state index >= 15 is 0 Å². The van der Waals surface area contributed by atoms with Crippen molar-refractivity contribution < 1.29 is 29.0 Å². The van der Waals surface area contributed by atoms with Crippen LogP contribution in [-0.4, -0.2) is 18.1 Å². The number of fused-ring (bicyclic) bond motifs is 1. The minimum atomic E-state index is -0.320. The minimum absolute atomic E-state index is 0. The molecule has 0 radical (unpaired) electrons. The average Bonchev–Trinajstić information content (AvgIpc) is 2.68. The Morgan fingerprint density at radius 3 is 2.76 bits per heavy atom. The van der Waals surface area contributed by atoms with Crippen molar-refractivity contribution in [1.82, 2.24) is 4.98 Å². The first-order chi connectivity index (χ1) is 7.77. The summed E-state index contributed by atoms with van der Waals surface area (Å²) in [4.78, 5) is 14.7. The third-order valence-electron chi connectivity index (χ3n) is 2.63. The number of carbonyl (C=O) groups excluding carboxylic acids is 1.